The fourth-order valence-electron chi connectivity index (χ4n) is 13.3. The molecule has 0 amide bonds. The lowest BCUT2D eigenvalue weighted by Gasteiger charge is -2.61. The minimum absolute atomic E-state index is 0.0323. The molecule has 1 aliphatic carbocycles. The van der Waals surface area contributed by atoms with Gasteiger partial charge in [-0.1, -0.05) is 43.7 Å². The first-order valence-corrected chi connectivity index (χ1v) is 20.7. The molecule has 1 spiro atoms. The third kappa shape index (κ3) is 4.86. The minimum atomic E-state index is -2.22. The number of ether oxygens (including phenoxy) is 4. The highest BCUT2D eigenvalue weighted by atomic mass is 16.6. The highest BCUT2D eigenvalue weighted by Crippen LogP contribution is 2.69. The van der Waals surface area contributed by atoms with E-state index >= 15 is 4.79 Å². The number of rotatable bonds is 7. The Hall–Kier alpha value is -4.39. The number of aromatic nitrogens is 1. The van der Waals surface area contributed by atoms with Crippen molar-refractivity contribution in [3.8, 4) is 5.75 Å². The summed E-state index contributed by atoms with van der Waals surface area (Å²) in [7, 11) is 6.28. The number of hydrogen-bond donors (Lipinski definition) is 2. The zero-order chi connectivity index (χ0) is 40.2. The average molecular weight is 781 g/mol. The zero-order valence-corrected chi connectivity index (χ0v) is 34.3. The van der Waals surface area contributed by atoms with Crippen molar-refractivity contribution in [2.75, 3.05) is 66.0 Å². The van der Waals surface area contributed by atoms with E-state index in [9.17, 15) is 14.7 Å². The monoisotopic (exact) mass is 780 g/mol. The van der Waals surface area contributed by atoms with Crippen LogP contribution in [0.3, 0.4) is 0 Å². The normalized spacial score (nSPS) is 35.2. The van der Waals surface area contributed by atoms with Gasteiger partial charge in [0.05, 0.1) is 27.4 Å². The number of nitrogens with zero attached hydrogens (tertiary/aromatic N) is 3. The van der Waals surface area contributed by atoms with Crippen LogP contribution < -0.4 is 9.64 Å². The van der Waals surface area contributed by atoms with Crippen molar-refractivity contribution in [2.24, 2.45) is 11.3 Å². The molecule has 2 aromatic carbocycles. The van der Waals surface area contributed by atoms with Crippen molar-refractivity contribution in [3.05, 3.63) is 70.4 Å². The number of methoxy groups -OCH3 is 3. The van der Waals surface area contributed by atoms with Crippen LogP contribution in [0.5, 0.6) is 5.75 Å². The number of nitrogens with one attached hydrogen (secondary N) is 1. The van der Waals surface area contributed by atoms with Crippen LogP contribution in [0.4, 0.5) is 5.69 Å². The van der Waals surface area contributed by atoms with Gasteiger partial charge in [0.2, 0.25) is 5.60 Å². The maximum atomic E-state index is 15.2. The molecule has 1 aromatic heterocycles. The maximum absolute atomic E-state index is 15.2. The fourth-order valence-corrected chi connectivity index (χ4v) is 13.3. The van der Waals surface area contributed by atoms with Gasteiger partial charge in [0, 0.05) is 84.4 Å². The molecule has 1 saturated carbocycles. The van der Waals surface area contributed by atoms with Crippen LogP contribution >= 0.6 is 0 Å². The van der Waals surface area contributed by atoms with Crippen LogP contribution in [0.1, 0.15) is 75.3 Å². The molecule has 304 valence electrons. The number of likely N-dealkylation sites (N-methyl/N-ethyl adjacent to an activating group) is 1. The van der Waals surface area contributed by atoms with Crippen LogP contribution in [0.25, 0.3) is 10.9 Å². The standard InChI is InChI=1S/C45H56N4O8/c1-8-27-20-28-23-44(40(51)55-6,36-30(14-17-48(24-27)25-28)29-12-10-11-13-33(29)46-36)32-21-31-34(22-35(32)54-5)47(4)38-43(31)16-19-49-18-15-42(9-2,37(43)49)39(57-26(3)50)45(38,53)41(52)56-7/h10-13,20-22,28,37-39,46,53H,8-9,14-19,23-25H2,1-7H3/t28-,37+,38-,39-,42-,43-,44+,45+/m1/s1. The molecule has 2 saturated heterocycles. The van der Waals surface area contributed by atoms with Crippen LogP contribution in [-0.2, 0) is 45.8 Å². The molecular weight excluding hydrogens is 725 g/mol. The molecule has 5 aliphatic heterocycles. The van der Waals surface area contributed by atoms with Crippen molar-refractivity contribution >= 4 is 34.5 Å². The van der Waals surface area contributed by atoms with E-state index in [0.29, 0.717) is 37.0 Å². The smallest absolute Gasteiger partial charge is 0.344 e. The Labute approximate surface area is 334 Å². The summed E-state index contributed by atoms with van der Waals surface area (Å²) in [4.78, 5) is 53.3. The summed E-state index contributed by atoms with van der Waals surface area (Å²) >= 11 is 0. The molecule has 9 rings (SSSR count). The number of para-hydroxylation sites is 1. The third-order valence-electron chi connectivity index (χ3n) is 15.3. The van der Waals surface area contributed by atoms with E-state index < -0.39 is 45.9 Å². The second kappa shape index (κ2) is 13.3. The van der Waals surface area contributed by atoms with E-state index in [2.05, 4.69) is 52.9 Å². The first-order chi connectivity index (χ1) is 27.4. The number of hydrogen-bond acceptors (Lipinski definition) is 11. The van der Waals surface area contributed by atoms with Gasteiger partial charge in [0.25, 0.3) is 0 Å². The average Bonchev–Trinajstić information content (AvgIpc) is 3.97. The van der Waals surface area contributed by atoms with Crippen LogP contribution in [0, 0.1) is 11.3 Å². The summed E-state index contributed by atoms with van der Waals surface area (Å²) in [6, 6.07) is 11.4. The predicted octanol–water partition coefficient (Wildman–Crippen LogP) is 4.63. The summed E-state index contributed by atoms with van der Waals surface area (Å²) in [5.74, 6) is -1.21. The van der Waals surface area contributed by atoms with E-state index in [0.717, 1.165) is 79.0 Å². The number of aromatic amines is 1. The lowest BCUT2D eigenvalue weighted by molar-refractivity contribution is -0.229. The molecule has 6 heterocycles. The van der Waals surface area contributed by atoms with Gasteiger partial charge in [-0.3, -0.25) is 19.4 Å². The Kier molecular flexibility index (Phi) is 8.92. The van der Waals surface area contributed by atoms with Crippen LogP contribution in [0.15, 0.2) is 48.0 Å². The zero-order valence-electron chi connectivity index (χ0n) is 34.3. The summed E-state index contributed by atoms with van der Waals surface area (Å²) in [5.41, 5.74) is 1.53. The summed E-state index contributed by atoms with van der Waals surface area (Å²) in [6.07, 6.45) is 5.18. The highest BCUT2D eigenvalue weighted by Gasteiger charge is 2.81. The van der Waals surface area contributed by atoms with Gasteiger partial charge in [-0.25, -0.2) is 4.79 Å². The van der Waals surface area contributed by atoms with Crippen molar-refractivity contribution < 1.29 is 38.4 Å². The van der Waals surface area contributed by atoms with E-state index in [4.69, 9.17) is 18.9 Å². The first kappa shape index (κ1) is 38.1. The van der Waals surface area contributed by atoms with E-state index in [-0.39, 0.29) is 17.9 Å². The second-order valence-corrected chi connectivity index (χ2v) is 17.5. The molecule has 3 aromatic rings. The first-order valence-electron chi connectivity index (χ1n) is 20.7. The number of anilines is 1. The molecule has 1 unspecified atom stereocenters. The fraction of sp³-hybridized carbons (Fsp3) is 0.578. The Balaban J connectivity index is 1.36. The second-order valence-electron chi connectivity index (χ2n) is 17.5. The van der Waals surface area contributed by atoms with Crippen molar-refractivity contribution in [1.29, 1.82) is 0 Å². The van der Waals surface area contributed by atoms with Crippen LogP contribution in [0.2, 0.25) is 0 Å². The molecular formula is C45H56N4O8. The Morgan fingerprint density at radius 3 is 2.42 bits per heavy atom. The van der Waals surface area contributed by atoms with Crippen molar-refractivity contribution in [1.82, 2.24) is 14.8 Å². The molecule has 3 fully saturated rings. The van der Waals surface area contributed by atoms with Crippen molar-refractivity contribution in [2.45, 2.75) is 93.9 Å². The molecule has 2 N–H and O–H groups in total. The lowest BCUT2D eigenvalue weighted by atomic mass is 9.48. The Bertz CT molecular complexity index is 2200. The number of esters is 3. The van der Waals surface area contributed by atoms with Gasteiger partial charge in [-0.05, 0) is 80.8 Å². The maximum Gasteiger partial charge on any atom is 0.344 e. The predicted molar refractivity (Wildman–Crippen MR) is 214 cm³/mol. The largest absolute Gasteiger partial charge is 0.496 e. The number of H-pyrrole nitrogens is 1. The van der Waals surface area contributed by atoms with Gasteiger partial charge < -0.3 is 33.9 Å². The van der Waals surface area contributed by atoms with Crippen LogP contribution in [-0.4, -0.2) is 123 Å². The topological polar surface area (TPSA) is 134 Å². The van der Waals surface area contributed by atoms with Crippen molar-refractivity contribution in [3.63, 3.8) is 0 Å². The molecule has 9 atom stereocenters. The van der Waals surface area contributed by atoms with E-state index in [1.54, 1.807) is 7.11 Å². The van der Waals surface area contributed by atoms with Gasteiger partial charge >= 0.3 is 17.9 Å². The van der Waals surface area contributed by atoms with Gasteiger partial charge in [-0.15, -0.1) is 0 Å². The molecule has 6 aliphatic rings. The van der Waals surface area contributed by atoms with Gasteiger partial charge in [0.1, 0.15) is 11.2 Å². The molecule has 12 nitrogen and oxygen atoms in total. The molecule has 0 radical (unpaired) electrons. The lowest BCUT2D eigenvalue weighted by Crippen LogP contribution is -2.79. The summed E-state index contributed by atoms with van der Waals surface area (Å²) < 4.78 is 24.0. The third-order valence-corrected chi connectivity index (χ3v) is 15.3. The van der Waals surface area contributed by atoms with E-state index in [1.165, 1.54) is 26.7 Å². The molecule has 12 heteroatoms. The van der Waals surface area contributed by atoms with E-state index in [1.807, 2.05) is 30.1 Å². The minimum Gasteiger partial charge on any atom is -0.496 e. The summed E-state index contributed by atoms with van der Waals surface area (Å²) in [5, 5.41) is 14.3. The number of carbonyl (C=O) groups is 3. The number of benzene rings is 2. The Morgan fingerprint density at radius 2 is 1.72 bits per heavy atom. The number of fused-ring (bicyclic) bond motifs is 6. The number of aliphatic hydroxyl groups is 1. The Morgan fingerprint density at radius 1 is 0.965 bits per heavy atom. The molecule has 2 bridgehead atoms. The highest BCUT2D eigenvalue weighted by molar-refractivity contribution is 5.95. The number of carbonyl (C=O) groups excluding carboxylic acids is 3. The van der Waals surface area contributed by atoms with Gasteiger partial charge in [0.15, 0.2) is 6.10 Å². The quantitative estimate of drug-likeness (QED) is 0.198. The SMILES string of the molecule is CCC1=C[C@H]2CN(CCc3c([nH]c4ccccc34)[C@@](C(=O)OC)(c3cc4c(cc3OC)N(C)[C@H]3[C@@](O)(C(=O)OC)[C@H](OC(C)=O)[C@]5(CC)CCN6CC[C@]43[C@@H]65)C2)C1. The van der Waals surface area contributed by atoms with Gasteiger partial charge in [-0.2, -0.15) is 0 Å². The summed E-state index contributed by atoms with van der Waals surface area (Å²) in [6.45, 7) is 9.63. The molecule has 57 heavy (non-hydrogen) atoms.